The van der Waals surface area contributed by atoms with Crippen LogP contribution in [-0.2, 0) is 0 Å². The lowest BCUT2D eigenvalue weighted by molar-refractivity contribution is 0.0766. The summed E-state index contributed by atoms with van der Waals surface area (Å²) in [5.74, 6) is -0.435. The van der Waals surface area contributed by atoms with Crippen molar-refractivity contribution in [1.29, 1.82) is 0 Å². The Labute approximate surface area is 104 Å². The van der Waals surface area contributed by atoms with Gasteiger partial charge in [-0.05, 0) is 18.9 Å². The second-order valence-electron chi connectivity index (χ2n) is 4.36. The van der Waals surface area contributed by atoms with E-state index in [0.717, 1.165) is 12.8 Å². The fourth-order valence-corrected chi connectivity index (χ4v) is 1.76. The number of hydrogen-bond acceptors (Lipinski definition) is 3. The van der Waals surface area contributed by atoms with Gasteiger partial charge < -0.3 is 10.2 Å². The minimum atomic E-state index is -2.71. The van der Waals surface area contributed by atoms with Crippen LogP contribution in [0.15, 0.2) is 12.3 Å². The Bertz CT molecular complexity index is 461. The van der Waals surface area contributed by atoms with E-state index in [1.165, 1.54) is 17.2 Å². The number of nitrogens with one attached hydrogen (secondary N) is 1. The van der Waals surface area contributed by atoms with Gasteiger partial charge in [-0.1, -0.05) is 0 Å². The highest BCUT2D eigenvalue weighted by Crippen LogP contribution is 2.29. The largest absolute Gasteiger partial charge is 0.387 e. The molecule has 1 amide bonds. The maximum Gasteiger partial charge on any atom is 0.272 e. The summed E-state index contributed by atoms with van der Waals surface area (Å²) in [5, 5.41) is 2.73. The number of anilines is 1. The molecule has 2 rings (SSSR count). The molecule has 1 N–H and O–H groups in total. The molecular formula is C12H15F2N3O. The van der Waals surface area contributed by atoms with Gasteiger partial charge in [-0.3, -0.25) is 4.79 Å². The van der Waals surface area contributed by atoms with Crippen LogP contribution in [0.2, 0.25) is 0 Å². The van der Waals surface area contributed by atoms with Crippen LogP contribution in [0.5, 0.6) is 0 Å². The standard InChI is InChI=1S/C12H15F2N3O/c1-15-7-5-9(11(13)14)10(16-6-7)12(18)17(2)8-3-4-8/h5-6,8,11,15H,3-4H2,1-2H3. The molecule has 1 fully saturated rings. The zero-order valence-electron chi connectivity index (χ0n) is 10.3. The number of rotatable bonds is 4. The first-order valence-electron chi connectivity index (χ1n) is 5.77. The van der Waals surface area contributed by atoms with Gasteiger partial charge in [-0.15, -0.1) is 0 Å². The molecular weight excluding hydrogens is 240 g/mol. The van der Waals surface area contributed by atoms with E-state index in [4.69, 9.17) is 0 Å². The number of pyridine rings is 1. The van der Waals surface area contributed by atoms with Crippen LogP contribution in [0.3, 0.4) is 0 Å². The van der Waals surface area contributed by atoms with Gasteiger partial charge in [0.1, 0.15) is 5.69 Å². The summed E-state index contributed by atoms with van der Waals surface area (Å²) in [5.41, 5.74) is -0.00586. The number of amides is 1. The number of halogens is 2. The number of carbonyl (C=O) groups is 1. The lowest BCUT2D eigenvalue weighted by atomic mass is 10.1. The van der Waals surface area contributed by atoms with E-state index in [9.17, 15) is 13.6 Å². The number of carbonyl (C=O) groups excluding carboxylic acids is 1. The predicted octanol–water partition coefficient (Wildman–Crippen LogP) is 2.30. The van der Waals surface area contributed by atoms with Gasteiger partial charge in [0.25, 0.3) is 12.3 Å². The lowest BCUT2D eigenvalue weighted by Crippen LogP contribution is -2.30. The minimum Gasteiger partial charge on any atom is -0.387 e. The van der Waals surface area contributed by atoms with Crippen molar-refractivity contribution in [3.05, 3.63) is 23.5 Å². The zero-order chi connectivity index (χ0) is 13.3. The van der Waals surface area contributed by atoms with Crippen LogP contribution in [-0.4, -0.2) is 35.9 Å². The van der Waals surface area contributed by atoms with E-state index in [1.54, 1.807) is 14.1 Å². The van der Waals surface area contributed by atoms with Gasteiger partial charge >= 0.3 is 0 Å². The monoisotopic (exact) mass is 255 g/mol. The normalized spacial score (nSPS) is 14.7. The third-order valence-corrected chi connectivity index (χ3v) is 3.06. The number of hydrogen-bond donors (Lipinski definition) is 1. The highest BCUT2D eigenvalue weighted by atomic mass is 19.3. The van der Waals surface area contributed by atoms with Gasteiger partial charge in [0.2, 0.25) is 0 Å². The molecule has 0 unspecified atom stereocenters. The molecule has 1 aliphatic carbocycles. The summed E-state index contributed by atoms with van der Waals surface area (Å²) in [7, 11) is 3.24. The van der Waals surface area contributed by atoms with E-state index in [-0.39, 0.29) is 17.3 Å². The Morgan fingerprint density at radius 1 is 1.56 bits per heavy atom. The molecule has 6 heteroatoms. The maximum atomic E-state index is 12.9. The molecule has 1 saturated carbocycles. The van der Waals surface area contributed by atoms with Crippen LogP contribution in [0, 0.1) is 0 Å². The SMILES string of the molecule is CNc1cnc(C(=O)N(C)C2CC2)c(C(F)F)c1. The number of alkyl halides is 2. The second kappa shape index (κ2) is 4.88. The molecule has 1 heterocycles. The summed E-state index contributed by atoms with van der Waals surface area (Å²) in [6.07, 6.45) is 0.541. The molecule has 0 aliphatic heterocycles. The lowest BCUT2D eigenvalue weighted by Gasteiger charge is -2.18. The van der Waals surface area contributed by atoms with Crippen LogP contribution < -0.4 is 5.32 Å². The second-order valence-corrected chi connectivity index (χ2v) is 4.36. The van der Waals surface area contributed by atoms with Crippen LogP contribution >= 0.6 is 0 Å². The first-order valence-corrected chi connectivity index (χ1v) is 5.77. The van der Waals surface area contributed by atoms with Crippen molar-refractivity contribution in [3.8, 4) is 0 Å². The average molecular weight is 255 g/mol. The van der Waals surface area contributed by atoms with Crippen LogP contribution in [0.1, 0.15) is 35.3 Å². The highest BCUT2D eigenvalue weighted by molar-refractivity contribution is 5.94. The van der Waals surface area contributed by atoms with Crippen molar-refractivity contribution in [2.45, 2.75) is 25.3 Å². The van der Waals surface area contributed by atoms with Gasteiger partial charge in [0.15, 0.2) is 0 Å². The minimum absolute atomic E-state index is 0.154. The maximum absolute atomic E-state index is 12.9. The Balaban J connectivity index is 2.33. The predicted molar refractivity (Wildman–Crippen MR) is 63.9 cm³/mol. The van der Waals surface area contributed by atoms with Crippen molar-refractivity contribution >= 4 is 11.6 Å². The third-order valence-electron chi connectivity index (χ3n) is 3.06. The van der Waals surface area contributed by atoms with E-state index in [2.05, 4.69) is 10.3 Å². The van der Waals surface area contributed by atoms with Crippen molar-refractivity contribution in [2.24, 2.45) is 0 Å². The molecule has 0 saturated heterocycles. The molecule has 0 spiro atoms. The van der Waals surface area contributed by atoms with Gasteiger partial charge in [-0.2, -0.15) is 0 Å². The average Bonchev–Trinajstić information content (AvgIpc) is 3.20. The number of aromatic nitrogens is 1. The Hall–Kier alpha value is -1.72. The molecule has 0 atom stereocenters. The number of nitrogens with zero attached hydrogens (tertiary/aromatic N) is 2. The quantitative estimate of drug-likeness (QED) is 0.897. The van der Waals surface area contributed by atoms with E-state index >= 15 is 0 Å². The van der Waals surface area contributed by atoms with Crippen LogP contribution in [0.25, 0.3) is 0 Å². The smallest absolute Gasteiger partial charge is 0.272 e. The van der Waals surface area contributed by atoms with Crippen molar-refractivity contribution in [1.82, 2.24) is 9.88 Å². The van der Waals surface area contributed by atoms with Gasteiger partial charge in [0.05, 0.1) is 17.4 Å². The fourth-order valence-electron chi connectivity index (χ4n) is 1.76. The van der Waals surface area contributed by atoms with E-state index in [1.807, 2.05) is 0 Å². The summed E-state index contributed by atoms with van der Waals surface area (Å²) in [6, 6.07) is 1.44. The Morgan fingerprint density at radius 2 is 2.22 bits per heavy atom. The molecule has 0 radical (unpaired) electrons. The fraction of sp³-hybridized carbons (Fsp3) is 0.500. The summed E-state index contributed by atoms with van der Waals surface area (Å²) >= 11 is 0. The summed E-state index contributed by atoms with van der Waals surface area (Å²) in [4.78, 5) is 17.4. The Morgan fingerprint density at radius 3 is 2.72 bits per heavy atom. The summed E-state index contributed by atoms with van der Waals surface area (Å²) in [6.45, 7) is 0. The molecule has 4 nitrogen and oxygen atoms in total. The topological polar surface area (TPSA) is 45.2 Å². The van der Waals surface area contributed by atoms with Crippen molar-refractivity contribution < 1.29 is 13.6 Å². The van der Waals surface area contributed by atoms with E-state index < -0.39 is 12.3 Å². The third kappa shape index (κ3) is 2.42. The van der Waals surface area contributed by atoms with Crippen molar-refractivity contribution in [3.63, 3.8) is 0 Å². The van der Waals surface area contributed by atoms with E-state index in [0.29, 0.717) is 5.69 Å². The first kappa shape index (κ1) is 12.7. The molecule has 1 aromatic rings. The molecule has 98 valence electrons. The van der Waals surface area contributed by atoms with Gasteiger partial charge in [0, 0.05) is 20.1 Å². The molecule has 1 aromatic heterocycles. The summed E-state index contributed by atoms with van der Waals surface area (Å²) < 4.78 is 25.9. The Kier molecular flexibility index (Phi) is 3.45. The molecule has 0 bridgehead atoms. The highest BCUT2D eigenvalue weighted by Gasteiger charge is 2.32. The zero-order valence-corrected chi connectivity index (χ0v) is 10.3. The molecule has 1 aliphatic rings. The molecule has 18 heavy (non-hydrogen) atoms. The van der Waals surface area contributed by atoms with Crippen LogP contribution in [0.4, 0.5) is 14.5 Å². The first-order chi connectivity index (χ1) is 8.54. The molecule has 0 aromatic carbocycles. The van der Waals surface area contributed by atoms with Gasteiger partial charge in [-0.25, -0.2) is 13.8 Å². The van der Waals surface area contributed by atoms with Crippen molar-refractivity contribution in [2.75, 3.05) is 19.4 Å².